The number of halogens is 1. The second-order valence-corrected chi connectivity index (χ2v) is 4.24. The lowest BCUT2D eigenvalue weighted by molar-refractivity contribution is -0.384. The van der Waals surface area contributed by atoms with E-state index in [1.165, 1.54) is 12.1 Å². The first-order valence-corrected chi connectivity index (χ1v) is 5.61. The van der Waals surface area contributed by atoms with E-state index in [2.05, 4.69) is 25.9 Å². The summed E-state index contributed by atoms with van der Waals surface area (Å²) in [7, 11) is 0. The fraction of sp³-hybridized carbons (Fsp3) is 0.0909. The van der Waals surface area contributed by atoms with Crippen molar-refractivity contribution in [1.29, 1.82) is 0 Å². The molecule has 0 aliphatic rings. The second-order valence-electron chi connectivity index (χ2n) is 3.43. The number of hydrogen-bond acceptors (Lipinski definition) is 4. The highest BCUT2D eigenvalue weighted by molar-refractivity contribution is 9.10. The number of rotatable bonds is 2. The minimum atomic E-state index is -0.424. The lowest BCUT2D eigenvalue weighted by Gasteiger charge is -2.02. The van der Waals surface area contributed by atoms with Gasteiger partial charge in [0.25, 0.3) is 5.69 Å². The molecule has 1 heterocycles. The summed E-state index contributed by atoms with van der Waals surface area (Å²) in [6, 6.07) is 8.09. The summed E-state index contributed by atoms with van der Waals surface area (Å²) in [6.07, 6.45) is 0. The molecule has 0 spiro atoms. The van der Waals surface area contributed by atoms with E-state index in [1.807, 2.05) is 0 Å². The quantitative estimate of drug-likeness (QED) is 0.485. The van der Waals surface area contributed by atoms with Crippen LogP contribution in [0.5, 0.6) is 0 Å². The van der Waals surface area contributed by atoms with Crippen LogP contribution in [-0.4, -0.2) is 14.9 Å². The summed E-state index contributed by atoms with van der Waals surface area (Å²) >= 11 is 3.27. The summed E-state index contributed by atoms with van der Waals surface area (Å²) in [6.45, 7) is 1.77. The average Bonchev–Trinajstić information content (AvgIpc) is 2.28. The van der Waals surface area contributed by atoms with E-state index >= 15 is 0 Å². The molecule has 1 aromatic heterocycles. The third kappa shape index (κ3) is 2.65. The molecule has 0 fully saturated rings. The molecular weight excluding hydrogens is 286 g/mol. The van der Waals surface area contributed by atoms with Crippen molar-refractivity contribution in [3.05, 3.63) is 50.9 Å². The van der Waals surface area contributed by atoms with E-state index < -0.39 is 4.92 Å². The molecule has 0 unspecified atom stereocenters. The lowest BCUT2D eigenvalue weighted by Crippen LogP contribution is -1.93. The van der Waals surface area contributed by atoms with Gasteiger partial charge >= 0.3 is 0 Å². The van der Waals surface area contributed by atoms with Crippen LogP contribution in [0.1, 0.15) is 5.82 Å². The van der Waals surface area contributed by atoms with E-state index in [0.717, 1.165) is 0 Å². The van der Waals surface area contributed by atoms with Crippen LogP contribution in [-0.2, 0) is 0 Å². The van der Waals surface area contributed by atoms with Crippen LogP contribution >= 0.6 is 15.9 Å². The summed E-state index contributed by atoms with van der Waals surface area (Å²) < 4.78 is 0.659. The Balaban J connectivity index is 2.52. The maximum Gasteiger partial charge on any atom is 0.270 e. The van der Waals surface area contributed by atoms with Crippen molar-refractivity contribution in [2.75, 3.05) is 0 Å². The Morgan fingerprint density at radius 2 is 2.06 bits per heavy atom. The molecule has 0 N–H and O–H groups in total. The fourth-order valence-electron chi connectivity index (χ4n) is 1.46. The Labute approximate surface area is 106 Å². The monoisotopic (exact) mass is 293 g/mol. The molecule has 0 aliphatic heterocycles. The Bertz CT molecular complexity index is 566. The standard InChI is InChI=1S/C11H8BrN3O2/c1-7-13-10(6-11(12)14-7)8-3-2-4-9(5-8)15(16)17/h2-6H,1H3. The molecule has 0 atom stereocenters. The fourth-order valence-corrected chi connectivity index (χ4v) is 1.93. The molecule has 2 rings (SSSR count). The Kier molecular flexibility index (Phi) is 3.14. The van der Waals surface area contributed by atoms with Crippen molar-refractivity contribution in [3.8, 4) is 11.3 Å². The number of hydrogen-bond donors (Lipinski definition) is 0. The van der Waals surface area contributed by atoms with Gasteiger partial charge in [0.1, 0.15) is 10.4 Å². The zero-order valence-electron chi connectivity index (χ0n) is 8.92. The molecule has 0 amide bonds. The Hall–Kier alpha value is -1.82. The van der Waals surface area contributed by atoms with Crippen LogP contribution in [0.4, 0.5) is 5.69 Å². The Morgan fingerprint density at radius 3 is 2.71 bits per heavy atom. The van der Waals surface area contributed by atoms with Crippen molar-refractivity contribution < 1.29 is 4.92 Å². The van der Waals surface area contributed by atoms with Crippen molar-refractivity contribution in [2.45, 2.75) is 6.92 Å². The molecule has 0 saturated heterocycles. The SMILES string of the molecule is Cc1nc(Br)cc(-c2cccc([N+](=O)[O-])c2)n1. The zero-order valence-corrected chi connectivity index (χ0v) is 10.5. The highest BCUT2D eigenvalue weighted by Crippen LogP contribution is 2.23. The first-order valence-electron chi connectivity index (χ1n) is 4.82. The molecule has 86 valence electrons. The van der Waals surface area contributed by atoms with Crippen molar-refractivity contribution in [2.24, 2.45) is 0 Å². The minimum absolute atomic E-state index is 0.0508. The van der Waals surface area contributed by atoms with E-state index in [0.29, 0.717) is 21.7 Å². The highest BCUT2D eigenvalue weighted by atomic mass is 79.9. The number of aryl methyl sites for hydroxylation is 1. The van der Waals surface area contributed by atoms with Gasteiger partial charge in [0.15, 0.2) is 0 Å². The third-order valence-electron chi connectivity index (χ3n) is 2.16. The van der Waals surface area contributed by atoms with E-state index in [9.17, 15) is 10.1 Å². The third-order valence-corrected chi connectivity index (χ3v) is 2.57. The summed E-state index contributed by atoms with van der Waals surface area (Å²) in [5, 5.41) is 10.7. The summed E-state index contributed by atoms with van der Waals surface area (Å²) in [5.41, 5.74) is 1.41. The number of non-ortho nitro benzene ring substituents is 1. The maximum absolute atomic E-state index is 10.7. The highest BCUT2D eigenvalue weighted by Gasteiger charge is 2.09. The van der Waals surface area contributed by atoms with E-state index in [-0.39, 0.29) is 5.69 Å². The molecule has 5 nitrogen and oxygen atoms in total. The molecule has 0 radical (unpaired) electrons. The van der Waals surface area contributed by atoms with Gasteiger partial charge in [-0.2, -0.15) is 0 Å². The summed E-state index contributed by atoms with van der Waals surface area (Å²) in [5.74, 6) is 0.612. The predicted molar refractivity (Wildman–Crippen MR) is 66.6 cm³/mol. The molecule has 0 bridgehead atoms. The van der Waals surface area contributed by atoms with E-state index in [1.54, 1.807) is 25.1 Å². The van der Waals surface area contributed by atoms with Gasteiger partial charge in [-0.3, -0.25) is 10.1 Å². The average molecular weight is 294 g/mol. The van der Waals surface area contributed by atoms with Crippen LogP contribution in [0.25, 0.3) is 11.3 Å². The molecule has 0 saturated carbocycles. The van der Waals surface area contributed by atoms with Crippen molar-refractivity contribution in [1.82, 2.24) is 9.97 Å². The smallest absolute Gasteiger partial charge is 0.258 e. The number of nitrogens with zero attached hydrogens (tertiary/aromatic N) is 3. The molecule has 0 aliphatic carbocycles. The predicted octanol–water partition coefficient (Wildman–Crippen LogP) is 3.12. The van der Waals surface area contributed by atoms with E-state index in [4.69, 9.17) is 0 Å². The van der Waals surface area contributed by atoms with Crippen LogP contribution in [0.2, 0.25) is 0 Å². The molecule has 1 aromatic carbocycles. The second kappa shape index (κ2) is 4.58. The van der Waals surface area contributed by atoms with Crippen LogP contribution in [0, 0.1) is 17.0 Å². The first-order chi connectivity index (χ1) is 8.06. The maximum atomic E-state index is 10.7. The number of benzene rings is 1. The summed E-state index contributed by atoms with van der Waals surface area (Å²) in [4.78, 5) is 18.6. The first kappa shape index (κ1) is 11.7. The van der Waals surface area contributed by atoms with Crippen LogP contribution in [0.3, 0.4) is 0 Å². The molecular formula is C11H8BrN3O2. The number of aromatic nitrogens is 2. The topological polar surface area (TPSA) is 68.9 Å². The van der Waals surface area contributed by atoms with Gasteiger partial charge in [-0.1, -0.05) is 12.1 Å². The van der Waals surface area contributed by atoms with Gasteiger partial charge in [0, 0.05) is 17.7 Å². The van der Waals surface area contributed by atoms with Crippen molar-refractivity contribution in [3.63, 3.8) is 0 Å². The molecule has 6 heteroatoms. The molecule has 17 heavy (non-hydrogen) atoms. The lowest BCUT2D eigenvalue weighted by atomic mass is 10.1. The number of nitro groups is 1. The van der Waals surface area contributed by atoms with Gasteiger partial charge in [-0.25, -0.2) is 9.97 Å². The van der Waals surface area contributed by atoms with Crippen LogP contribution < -0.4 is 0 Å². The Morgan fingerprint density at radius 1 is 1.29 bits per heavy atom. The van der Waals surface area contributed by atoms with Crippen LogP contribution in [0.15, 0.2) is 34.9 Å². The normalized spacial score (nSPS) is 10.2. The molecule has 2 aromatic rings. The van der Waals surface area contributed by atoms with Gasteiger partial charge in [-0.05, 0) is 28.9 Å². The van der Waals surface area contributed by atoms with Gasteiger partial charge < -0.3 is 0 Å². The van der Waals surface area contributed by atoms with Crippen molar-refractivity contribution >= 4 is 21.6 Å². The minimum Gasteiger partial charge on any atom is -0.258 e. The van der Waals surface area contributed by atoms with Gasteiger partial charge in [-0.15, -0.1) is 0 Å². The van der Waals surface area contributed by atoms with Gasteiger partial charge in [0.2, 0.25) is 0 Å². The van der Waals surface area contributed by atoms with Gasteiger partial charge in [0.05, 0.1) is 10.6 Å². The number of nitro benzene ring substituents is 1. The zero-order chi connectivity index (χ0) is 12.4. The largest absolute Gasteiger partial charge is 0.270 e.